The van der Waals surface area contributed by atoms with Crippen LogP contribution in [0, 0.1) is 0 Å². The molecule has 33 heavy (non-hydrogen) atoms. The minimum absolute atomic E-state index is 0.164. The molecule has 0 bridgehead atoms. The molecule has 6 nitrogen and oxygen atoms in total. The molecule has 0 fully saturated rings. The predicted molar refractivity (Wildman–Crippen MR) is 137 cm³/mol. The molecule has 1 aromatic carbocycles. The van der Waals surface area contributed by atoms with Crippen LogP contribution in [0.2, 0.25) is 0 Å². The van der Waals surface area contributed by atoms with E-state index in [1.54, 1.807) is 11.3 Å². The maximum atomic E-state index is 5.79. The Kier molecular flexibility index (Phi) is 7.57. The van der Waals surface area contributed by atoms with Crippen molar-refractivity contribution in [2.75, 3.05) is 13.2 Å². The molecule has 174 valence electrons. The molecular weight excluding hydrogens is 452 g/mol. The van der Waals surface area contributed by atoms with Gasteiger partial charge in [0.05, 0.1) is 22.6 Å². The fourth-order valence-electron chi connectivity index (χ4n) is 3.90. The highest BCUT2D eigenvalue weighted by Crippen LogP contribution is 2.37. The van der Waals surface area contributed by atoms with E-state index in [-0.39, 0.29) is 12.1 Å². The lowest BCUT2D eigenvalue weighted by atomic mass is 9.94. The smallest absolute Gasteiger partial charge is 0.258 e. The van der Waals surface area contributed by atoms with Crippen molar-refractivity contribution in [3.8, 4) is 10.7 Å². The van der Waals surface area contributed by atoms with Crippen LogP contribution in [0.1, 0.15) is 57.2 Å². The molecule has 8 heteroatoms. The Morgan fingerprint density at radius 3 is 2.70 bits per heavy atom. The number of nitrogens with zero attached hydrogens (tertiary/aromatic N) is 3. The molecule has 0 aliphatic carbocycles. The maximum Gasteiger partial charge on any atom is 0.258 e. The zero-order valence-electron chi connectivity index (χ0n) is 19.5. The number of rotatable bonds is 9. The molecule has 1 aliphatic rings. The summed E-state index contributed by atoms with van der Waals surface area (Å²) in [6.45, 7) is 9.76. The molecule has 3 heterocycles. The van der Waals surface area contributed by atoms with E-state index in [0.29, 0.717) is 23.4 Å². The minimum Gasteiger partial charge on any atom is -0.379 e. The summed E-state index contributed by atoms with van der Waals surface area (Å²) < 4.78 is 11.5. The Bertz CT molecular complexity index is 1100. The first-order chi connectivity index (χ1) is 16.0. The summed E-state index contributed by atoms with van der Waals surface area (Å²) in [5.74, 6) is 1.12. The Morgan fingerprint density at radius 2 is 2.03 bits per heavy atom. The second-order valence-electron chi connectivity index (χ2n) is 8.30. The average Bonchev–Trinajstić information content (AvgIpc) is 3.50. The monoisotopic (exact) mass is 482 g/mol. The lowest BCUT2D eigenvalue weighted by Gasteiger charge is -2.37. The molecule has 0 saturated carbocycles. The fraction of sp³-hybridized carbons (Fsp3) is 0.400. The Balaban J connectivity index is 1.69. The first-order valence-electron chi connectivity index (χ1n) is 11.3. The summed E-state index contributed by atoms with van der Waals surface area (Å²) in [6, 6.07) is 12.4. The molecule has 1 aliphatic heterocycles. The number of allylic oxidation sites excluding steroid dienone is 1. The summed E-state index contributed by atoms with van der Waals surface area (Å²) >= 11 is 7.37. The second kappa shape index (κ2) is 10.6. The van der Waals surface area contributed by atoms with Gasteiger partial charge >= 0.3 is 0 Å². The van der Waals surface area contributed by atoms with Crippen LogP contribution in [0.3, 0.4) is 0 Å². The van der Waals surface area contributed by atoms with Crippen LogP contribution in [0.4, 0.5) is 0 Å². The molecule has 4 rings (SSSR count). The van der Waals surface area contributed by atoms with E-state index in [1.807, 2.05) is 31.4 Å². The molecule has 1 N–H and O–H groups in total. The third-order valence-corrected chi connectivity index (χ3v) is 6.90. The summed E-state index contributed by atoms with van der Waals surface area (Å²) in [5.41, 5.74) is 4.38. The Morgan fingerprint density at radius 1 is 1.24 bits per heavy atom. The quantitative estimate of drug-likeness (QED) is 0.304. The van der Waals surface area contributed by atoms with E-state index in [2.05, 4.69) is 53.5 Å². The van der Waals surface area contributed by atoms with E-state index < -0.39 is 0 Å². The van der Waals surface area contributed by atoms with Gasteiger partial charge in [-0.2, -0.15) is 4.98 Å². The number of aromatic nitrogens is 2. The molecule has 0 amide bonds. The maximum absolute atomic E-state index is 5.79. The van der Waals surface area contributed by atoms with Gasteiger partial charge in [-0.15, -0.1) is 11.3 Å². The van der Waals surface area contributed by atoms with Gasteiger partial charge in [-0.25, -0.2) is 0 Å². The summed E-state index contributed by atoms with van der Waals surface area (Å²) in [7, 11) is 0. The number of benzene rings is 1. The van der Waals surface area contributed by atoms with E-state index in [4.69, 9.17) is 26.5 Å². The van der Waals surface area contributed by atoms with Crippen molar-refractivity contribution in [1.82, 2.24) is 20.4 Å². The second-order valence-corrected chi connectivity index (χ2v) is 9.64. The molecule has 2 aromatic heterocycles. The SMILES string of the molecule is CCc1ccc(C2NC(=S)N(CCCOC(C)C)C(C)=C2c2nc(-c3cccs3)no2)cc1. The standard InChI is InChI=1S/C25H30N4O2S2/c1-5-18-9-11-19(12-10-18)22-21(24-27-23(28-31-24)20-8-6-15-33-20)17(4)29(25(32)26-22)13-7-14-30-16(2)3/h6,8-12,15-16,22H,5,7,13-14H2,1-4H3,(H,26,32). The van der Waals surface area contributed by atoms with Gasteiger partial charge < -0.3 is 19.5 Å². The molecule has 1 atom stereocenters. The highest BCUT2D eigenvalue weighted by molar-refractivity contribution is 7.80. The van der Waals surface area contributed by atoms with Crippen molar-refractivity contribution < 1.29 is 9.26 Å². The molecule has 0 radical (unpaired) electrons. The number of thiocarbonyl (C=S) groups is 1. The number of nitrogens with one attached hydrogen (secondary N) is 1. The summed E-state index contributed by atoms with van der Waals surface area (Å²) in [5, 5.41) is 10.5. The van der Waals surface area contributed by atoms with Crippen LogP contribution in [-0.4, -0.2) is 39.4 Å². The van der Waals surface area contributed by atoms with Crippen molar-refractivity contribution in [3.63, 3.8) is 0 Å². The first kappa shape index (κ1) is 23.6. The Hall–Kier alpha value is -2.55. The van der Waals surface area contributed by atoms with Gasteiger partial charge in [-0.1, -0.05) is 42.4 Å². The number of hydrogen-bond acceptors (Lipinski definition) is 6. The van der Waals surface area contributed by atoms with Crippen LogP contribution in [0.5, 0.6) is 0 Å². The van der Waals surface area contributed by atoms with E-state index in [0.717, 1.165) is 41.1 Å². The first-order valence-corrected chi connectivity index (χ1v) is 12.6. The molecular formula is C25H30N4O2S2. The fourth-order valence-corrected chi connectivity index (χ4v) is 4.90. The number of thiophene rings is 1. The van der Waals surface area contributed by atoms with Crippen molar-refractivity contribution in [2.24, 2.45) is 0 Å². The van der Waals surface area contributed by atoms with Gasteiger partial charge in [0.1, 0.15) is 0 Å². The van der Waals surface area contributed by atoms with Crippen LogP contribution in [0.15, 0.2) is 52.0 Å². The van der Waals surface area contributed by atoms with Gasteiger partial charge in [0.25, 0.3) is 5.89 Å². The highest BCUT2D eigenvalue weighted by Gasteiger charge is 2.34. The molecule has 3 aromatic rings. The van der Waals surface area contributed by atoms with E-state index >= 15 is 0 Å². The highest BCUT2D eigenvalue weighted by atomic mass is 32.1. The zero-order valence-corrected chi connectivity index (χ0v) is 21.1. The van der Waals surface area contributed by atoms with Gasteiger partial charge in [-0.05, 0) is 68.4 Å². The third-order valence-electron chi connectivity index (χ3n) is 5.69. The van der Waals surface area contributed by atoms with Crippen LogP contribution in [-0.2, 0) is 11.2 Å². The largest absolute Gasteiger partial charge is 0.379 e. The van der Waals surface area contributed by atoms with Crippen LogP contribution < -0.4 is 5.32 Å². The van der Waals surface area contributed by atoms with Gasteiger partial charge in [0.2, 0.25) is 5.82 Å². The van der Waals surface area contributed by atoms with Crippen LogP contribution in [0.25, 0.3) is 16.3 Å². The third kappa shape index (κ3) is 5.34. The number of ether oxygens (including phenoxy) is 1. The predicted octanol–water partition coefficient (Wildman–Crippen LogP) is 5.84. The van der Waals surface area contributed by atoms with E-state index in [9.17, 15) is 0 Å². The minimum atomic E-state index is -0.164. The van der Waals surface area contributed by atoms with Gasteiger partial charge in [0, 0.05) is 18.8 Å². The lowest BCUT2D eigenvalue weighted by molar-refractivity contribution is 0.0749. The van der Waals surface area contributed by atoms with Gasteiger partial charge in [0.15, 0.2) is 5.11 Å². The molecule has 0 spiro atoms. The molecule has 0 saturated heterocycles. The lowest BCUT2D eigenvalue weighted by Crippen LogP contribution is -2.46. The average molecular weight is 483 g/mol. The number of hydrogen-bond donors (Lipinski definition) is 1. The van der Waals surface area contributed by atoms with Crippen molar-refractivity contribution >= 4 is 34.2 Å². The van der Waals surface area contributed by atoms with Gasteiger partial charge in [-0.3, -0.25) is 0 Å². The van der Waals surface area contributed by atoms with E-state index in [1.165, 1.54) is 5.56 Å². The summed E-state index contributed by atoms with van der Waals surface area (Å²) in [6.07, 6.45) is 2.08. The van der Waals surface area contributed by atoms with Crippen molar-refractivity contribution in [1.29, 1.82) is 0 Å². The normalized spacial score (nSPS) is 16.6. The number of aryl methyl sites for hydroxylation is 1. The summed E-state index contributed by atoms with van der Waals surface area (Å²) in [4.78, 5) is 7.85. The van der Waals surface area contributed by atoms with Crippen molar-refractivity contribution in [3.05, 3.63) is 64.5 Å². The molecule has 1 unspecified atom stereocenters. The Labute approximate surface area is 204 Å². The zero-order chi connectivity index (χ0) is 23.4. The topological polar surface area (TPSA) is 63.4 Å². The van der Waals surface area contributed by atoms with Crippen LogP contribution >= 0.6 is 23.6 Å². The van der Waals surface area contributed by atoms with Crippen molar-refractivity contribution in [2.45, 2.75) is 52.7 Å².